The molecular formula is C13H21NO2. The maximum Gasteiger partial charge on any atom is 0.119 e. The van der Waals surface area contributed by atoms with Crippen molar-refractivity contribution >= 4 is 5.69 Å². The van der Waals surface area contributed by atoms with E-state index >= 15 is 0 Å². The zero-order valence-electron chi connectivity index (χ0n) is 10.4. The van der Waals surface area contributed by atoms with Crippen molar-refractivity contribution in [3.8, 4) is 5.75 Å². The van der Waals surface area contributed by atoms with E-state index in [0.717, 1.165) is 11.4 Å². The zero-order valence-corrected chi connectivity index (χ0v) is 10.4. The fourth-order valence-corrected chi connectivity index (χ4v) is 1.24. The van der Waals surface area contributed by atoms with Crippen LogP contribution in [0.15, 0.2) is 24.3 Å². The first-order valence-electron chi connectivity index (χ1n) is 5.65. The SMILES string of the molecule is CCOc1ccc(NC(C)C(C)(C)O)cc1. The van der Waals surface area contributed by atoms with Crippen LogP contribution in [0.5, 0.6) is 5.75 Å². The van der Waals surface area contributed by atoms with Gasteiger partial charge in [-0.2, -0.15) is 0 Å². The predicted molar refractivity (Wildman–Crippen MR) is 67.0 cm³/mol. The summed E-state index contributed by atoms with van der Waals surface area (Å²) < 4.78 is 5.36. The van der Waals surface area contributed by atoms with Crippen molar-refractivity contribution in [2.75, 3.05) is 11.9 Å². The highest BCUT2D eigenvalue weighted by Crippen LogP contribution is 2.19. The van der Waals surface area contributed by atoms with Gasteiger partial charge in [-0.3, -0.25) is 0 Å². The van der Waals surface area contributed by atoms with Crippen molar-refractivity contribution in [2.24, 2.45) is 0 Å². The van der Waals surface area contributed by atoms with Gasteiger partial charge in [-0.05, 0) is 52.0 Å². The molecule has 2 N–H and O–H groups in total. The van der Waals surface area contributed by atoms with E-state index in [-0.39, 0.29) is 6.04 Å². The summed E-state index contributed by atoms with van der Waals surface area (Å²) in [6.45, 7) is 8.17. The maximum absolute atomic E-state index is 9.80. The smallest absolute Gasteiger partial charge is 0.119 e. The van der Waals surface area contributed by atoms with Crippen molar-refractivity contribution < 1.29 is 9.84 Å². The molecule has 0 aliphatic rings. The number of nitrogens with one attached hydrogen (secondary N) is 1. The molecule has 0 aromatic heterocycles. The van der Waals surface area contributed by atoms with Gasteiger partial charge in [0.1, 0.15) is 5.75 Å². The van der Waals surface area contributed by atoms with Crippen molar-refractivity contribution in [2.45, 2.75) is 39.3 Å². The minimum atomic E-state index is -0.738. The van der Waals surface area contributed by atoms with Gasteiger partial charge in [0.05, 0.1) is 18.2 Å². The summed E-state index contributed by atoms with van der Waals surface area (Å²) in [6.07, 6.45) is 0. The highest BCUT2D eigenvalue weighted by molar-refractivity contribution is 5.47. The van der Waals surface area contributed by atoms with Crippen LogP contribution in [0.2, 0.25) is 0 Å². The molecule has 0 saturated heterocycles. The van der Waals surface area contributed by atoms with E-state index in [0.29, 0.717) is 6.61 Å². The molecule has 1 aromatic carbocycles. The summed E-state index contributed by atoms with van der Waals surface area (Å²) in [7, 11) is 0. The highest BCUT2D eigenvalue weighted by atomic mass is 16.5. The Morgan fingerprint density at radius 1 is 1.31 bits per heavy atom. The number of aliphatic hydroxyl groups is 1. The number of anilines is 1. The Bertz CT molecular complexity index is 314. The molecule has 16 heavy (non-hydrogen) atoms. The van der Waals surface area contributed by atoms with Gasteiger partial charge in [0, 0.05) is 5.69 Å². The van der Waals surface area contributed by atoms with E-state index in [9.17, 15) is 5.11 Å². The monoisotopic (exact) mass is 223 g/mol. The molecule has 1 aromatic rings. The van der Waals surface area contributed by atoms with Gasteiger partial charge in [0.15, 0.2) is 0 Å². The lowest BCUT2D eigenvalue weighted by atomic mass is 10.0. The predicted octanol–water partition coefficient (Wildman–Crippen LogP) is 2.66. The van der Waals surface area contributed by atoms with Gasteiger partial charge in [0.25, 0.3) is 0 Å². The summed E-state index contributed by atoms with van der Waals surface area (Å²) >= 11 is 0. The third kappa shape index (κ3) is 3.74. The van der Waals surface area contributed by atoms with E-state index in [2.05, 4.69) is 5.32 Å². The molecule has 3 nitrogen and oxygen atoms in total. The molecule has 0 radical (unpaired) electrons. The minimum Gasteiger partial charge on any atom is -0.494 e. The standard InChI is InChI=1S/C13H21NO2/c1-5-16-12-8-6-11(7-9-12)14-10(2)13(3,4)15/h6-10,14-15H,5H2,1-4H3. The molecule has 0 aliphatic carbocycles. The van der Waals surface area contributed by atoms with E-state index in [4.69, 9.17) is 4.74 Å². The fraction of sp³-hybridized carbons (Fsp3) is 0.538. The molecule has 0 heterocycles. The molecule has 1 unspecified atom stereocenters. The molecule has 1 rings (SSSR count). The maximum atomic E-state index is 9.80. The van der Waals surface area contributed by atoms with E-state index in [1.807, 2.05) is 38.1 Å². The van der Waals surface area contributed by atoms with Gasteiger partial charge in [0.2, 0.25) is 0 Å². The zero-order chi connectivity index (χ0) is 12.2. The topological polar surface area (TPSA) is 41.5 Å². The minimum absolute atomic E-state index is 0.00885. The molecular weight excluding hydrogens is 202 g/mol. The van der Waals surface area contributed by atoms with Crippen LogP contribution >= 0.6 is 0 Å². The van der Waals surface area contributed by atoms with Gasteiger partial charge < -0.3 is 15.2 Å². The summed E-state index contributed by atoms with van der Waals surface area (Å²) in [4.78, 5) is 0. The van der Waals surface area contributed by atoms with Gasteiger partial charge in [-0.25, -0.2) is 0 Å². The molecule has 3 heteroatoms. The van der Waals surface area contributed by atoms with E-state index in [1.54, 1.807) is 13.8 Å². The first-order chi connectivity index (χ1) is 7.43. The van der Waals surface area contributed by atoms with E-state index in [1.165, 1.54) is 0 Å². The van der Waals surface area contributed by atoms with Crippen LogP contribution in [0.4, 0.5) is 5.69 Å². The van der Waals surface area contributed by atoms with Crippen molar-refractivity contribution in [3.63, 3.8) is 0 Å². The first-order valence-corrected chi connectivity index (χ1v) is 5.65. The Hall–Kier alpha value is -1.22. The Morgan fingerprint density at radius 2 is 1.88 bits per heavy atom. The number of hydrogen-bond donors (Lipinski definition) is 2. The summed E-state index contributed by atoms with van der Waals surface area (Å²) in [5.74, 6) is 0.865. The molecule has 0 aliphatic heterocycles. The lowest BCUT2D eigenvalue weighted by molar-refractivity contribution is 0.0649. The third-order valence-electron chi connectivity index (χ3n) is 2.61. The number of rotatable bonds is 5. The Balaban J connectivity index is 2.62. The third-order valence-corrected chi connectivity index (χ3v) is 2.61. The quantitative estimate of drug-likeness (QED) is 0.806. The summed E-state index contributed by atoms with van der Waals surface area (Å²) in [5.41, 5.74) is 0.247. The molecule has 0 amide bonds. The second-order valence-electron chi connectivity index (χ2n) is 4.48. The number of hydrogen-bond acceptors (Lipinski definition) is 3. The second-order valence-corrected chi connectivity index (χ2v) is 4.48. The van der Waals surface area contributed by atoms with Crippen LogP contribution in [0.25, 0.3) is 0 Å². The molecule has 0 saturated carbocycles. The Labute approximate surface area is 97.4 Å². The highest BCUT2D eigenvalue weighted by Gasteiger charge is 2.21. The first kappa shape index (κ1) is 12.8. The average molecular weight is 223 g/mol. The second kappa shape index (κ2) is 5.21. The normalized spacial score (nSPS) is 13.3. The van der Waals surface area contributed by atoms with Gasteiger partial charge in [-0.15, -0.1) is 0 Å². The summed E-state index contributed by atoms with van der Waals surface area (Å²) in [6, 6.07) is 7.73. The largest absolute Gasteiger partial charge is 0.494 e. The van der Waals surface area contributed by atoms with Crippen LogP contribution in [-0.4, -0.2) is 23.4 Å². The molecule has 0 spiro atoms. The van der Waals surface area contributed by atoms with Gasteiger partial charge >= 0.3 is 0 Å². The summed E-state index contributed by atoms with van der Waals surface area (Å²) in [5, 5.41) is 13.0. The van der Waals surface area contributed by atoms with Crippen LogP contribution < -0.4 is 10.1 Å². The Kier molecular flexibility index (Phi) is 4.19. The van der Waals surface area contributed by atoms with Crippen molar-refractivity contribution in [3.05, 3.63) is 24.3 Å². The van der Waals surface area contributed by atoms with Crippen LogP contribution in [0, 0.1) is 0 Å². The fourth-order valence-electron chi connectivity index (χ4n) is 1.24. The Morgan fingerprint density at radius 3 is 2.31 bits per heavy atom. The number of ether oxygens (including phenoxy) is 1. The molecule has 0 fully saturated rings. The van der Waals surface area contributed by atoms with Crippen LogP contribution in [0.3, 0.4) is 0 Å². The molecule has 1 atom stereocenters. The lowest BCUT2D eigenvalue weighted by Gasteiger charge is -2.27. The average Bonchev–Trinajstić information content (AvgIpc) is 2.20. The lowest BCUT2D eigenvalue weighted by Crippen LogP contribution is -2.39. The van der Waals surface area contributed by atoms with E-state index < -0.39 is 5.60 Å². The molecule has 0 bridgehead atoms. The van der Waals surface area contributed by atoms with Crippen molar-refractivity contribution in [1.29, 1.82) is 0 Å². The van der Waals surface area contributed by atoms with Crippen LogP contribution in [0.1, 0.15) is 27.7 Å². The molecule has 90 valence electrons. The van der Waals surface area contributed by atoms with Crippen molar-refractivity contribution in [1.82, 2.24) is 0 Å². The van der Waals surface area contributed by atoms with Crippen LogP contribution in [-0.2, 0) is 0 Å². The van der Waals surface area contributed by atoms with Gasteiger partial charge in [-0.1, -0.05) is 0 Å². The number of benzene rings is 1.